The number of nitrogens with one attached hydrogen (secondary N) is 1. The Hall–Kier alpha value is -1.59. The largest absolute Gasteiger partial charge is 0.481 e. The molecule has 2 atom stereocenters. The number of aliphatic carboxylic acids is 1. The van der Waals surface area contributed by atoms with Crippen LogP contribution in [0.2, 0.25) is 5.02 Å². The lowest BCUT2D eigenvalue weighted by Gasteiger charge is -2.17. The molecular weight excluding hydrogens is 268 g/mol. The molecule has 6 heteroatoms. The number of carboxylic acid groups (broad SMARTS) is 1. The Kier molecular flexibility index (Phi) is 5.79. The lowest BCUT2D eigenvalue weighted by atomic mass is 10.1. The molecule has 0 saturated carbocycles. The monoisotopic (exact) mass is 284 g/mol. The van der Waals surface area contributed by atoms with Gasteiger partial charge in [-0.1, -0.05) is 23.7 Å². The Labute approximate surface area is 116 Å². The Balaban J connectivity index is 2.51. The van der Waals surface area contributed by atoms with Crippen molar-refractivity contribution >= 4 is 23.5 Å². The van der Waals surface area contributed by atoms with Gasteiger partial charge in [-0.05, 0) is 31.0 Å². The summed E-state index contributed by atoms with van der Waals surface area (Å²) in [4.78, 5) is 22.2. The van der Waals surface area contributed by atoms with Crippen molar-refractivity contribution in [2.45, 2.75) is 31.8 Å². The highest BCUT2D eigenvalue weighted by Gasteiger charge is 2.17. The topological polar surface area (TPSA) is 92.4 Å². The van der Waals surface area contributed by atoms with Crippen molar-refractivity contribution in [3.05, 3.63) is 34.9 Å². The zero-order valence-electron chi connectivity index (χ0n) is 10.6. The molecule has 0 aromatic heterocycles. The molecule has 0 aliphatic heterocycles. The third-order valence-electron chi connectivity index (χ3n) is 2.73. The van der Waals surface area contributed by atoms with Gasteiger partial charge >= 0.3 is 5.97 Å². The maximum Gasteiger partial charge on any atom is 0.303 e. The predicted molar refractivity (Wildman–Crippen MR) is 72.9 cm³/mol. The van der Waals surface area contributed by atoms with E-state index in [9.17, 15) is 9.59 Å². The van der Waals surface area contributed by atoms with Crippen molar-refractivity contribution in [1.82, 2.24) is 5.32 Å². The third kappa shape index (κ3) is 5.28. The second kappa shape index (κ2) is 7.11. The minimum Gasteiger partial charge on any atom is -0.481 e. The van der Waals surface area contributed by atoms with Gasteiger partial charge in [0.05, 0.1) is 12.1 Å². The molecule has 1 rings (SSSR count). The molecule has 1 aromatic carbocycles. The molecule has 19 heavy (non-hydrogen) atoms. The van der Waals surface area contributed by atoms with Crippen LogP contribution in [-0.4, -0.2) is 23.0 Å². The highest BCUT2D eigenvalue weighted by Crippen LogP contribution is 2.16. The number of carbonyl (C=O) groups excluding carboxylic acids is 1. The van der Waals surface area contributed by atoms with E-state index in [4.69, 9.17) is 22.4 Å². The average molecular weight is 285 g/mol. The van der Waals surface area contributed by atoms with Gasteiger partial charge in [-0.15, -0.1) is 0 Å². The highest BCUT2D eigenvalue weighted by atomic mass is 35.5. The zero-order valence-corrected chi connectivity index (χ0v) is 11.4. The second-order valence-electron chi connectivity index (χ2n) is 4.32. The Bertz CT molecular complexity index is 448. The molecule has 0 bridgehead atoms. The molecule has 1 amide bonds. The number of carboxylic acids is 1. The van der Waals surface area contributed by atoms with Gasteiger partial charge in [-0.25, -0.2) is 0 Å². The van der Waals surface area contributed by atoms with Crippen LogP contribution in [0.1, 0.15) is 31.4 Å². The van der Waals surface area contributed by atoms with Gasteiger partial charge < -0.3 is 16.2 Å². The van der Waals surface area contributed by atoms with Gasteiger partial charge in [0.15, 0.2) is 0 Å². The first-order valence-corrected chi connectivity index (χ1v) is 6.31. The molecule has 0 aliphatic carbocycles. The summed E-state index contributed by atoms with van der Waals surface area (Å²) < 4.78 is 0. The standard InChI is InChI=1S/C13H17ClN2O3/c1-8(9-2-4-10(14)5-3-9)16-13(19)11(15)6-7-12(17)18/h2-5,8,11H,6-7,15H2,1H3,(H,16,19)(H,17,18). The fourth-order valence-corrected chi connectivity index (χ4v) is 1.69. The highest BCUT2D eigenvalue weighted by molar-refractivity contribution is 6.30. The summed E-state index contributed by atoms with van der Waals surface area (Å²) >= 11 is 5.78. The third-order valence-corrected chi connectivity index (χ3v) is 2.99. The van der Waals surface area contributed by atoms with E-state index in [1.54, 1.807) is 12.1 Å². The van der Waals surface area contributed by atoms with Gasteiger partial charge in [-0.2, -0.15) is 0 Å². The maximum absolute atomic E-state index is 11.8. The molecule has 0 spiro atoms. The number of carbonyl (C=O) groups is 2. The van der Waals surface area contributed by atoms with E-state index in [0.29, 0.717) is 5.02 Å². The zero-order chi connectivity index (χ0) is 14.4. The summed E-state index contributed by atoms with van der Waals surface area (Å²) in [6.45, 7) is 1.82. The molecule has 0 fully saturated rings. The number of benzene rings is 1. The summed E-state index contributed by atoms with van der Waals surface area (Å²) in [6, 6.07) is 6.09. The summed E-state index contributed by atoms with van der Waals surface area (Å²) in [5, 5.41) is 11.9. The summed E-state index contributed by atoms with van der Waals surface area (Å²) in [5.41, 5.74) is 6.53. The number of amides is 1. The van der Waals surface area contributed by atoms with E-state index in [-0.39, 0.29) is 24.8 Å². The molecule has 5 nitrogen and oxygen atoms in total. The van der Waals surface area contributed by atoms with E-state index < -0.39 is 12.0 Å². The fourth-order valence-electron chi connectivity index (χ4n) is 1.57. The number of hydrogen-bond acceptors (Lipinski definition) is 3. The van der Waals surface area contributed by atoms with Crippen LogP contribution in [0.3, 0.4) is 0 Å². The average Bonchev–Trinajstić information content (AvgIpc) is 2.36. The Morgan fingerprint density at radius 3 is 2.47 bits per heavy atom. The van der Waals surface area contributed by atoms with E-state index >= 15 is 0 Å². The van der Waals surface area contributed by atoms with Crippen molar-refractivity contribution < 1.29 is 14.7 Å². The molecule has 4 N–H and O–H groups in total. The maximum atomic E-state index is 11.8. The van der Waals surface area contributed by atoms with Gasteiger partial charge in [0.25, 0.3) is 0 Å². The summed E-state index contributed by atoms with van der Waals surface area (Å²) in [5.74, 6) is -1.32. The minimum atomic E-state index is -0.964. The van der Waals surface area contributed by atoms with E-state index in [1.165, 1.54) is 0 Å². The van der Waals surface area contributed by atoms with Crippen LogP contribution in [0.5, 0.6) is 0 Å². The summed E-state index contributed by atoms with van der Waals surface area (Å²) in [7, 11) is 0. The van der Waals surface area contributed by atoms with E-state index in [1.807, 2.05) is 19.1 Å². The van der Waals surface area contributed by atoms with Crippen molar-refractivity contribution in [1.29, 1.82) is 0 Å². The van der Waals surface area contributed by atoms with E-state index in [2.05, 4.69) is 5.32 Å². The second-order valence-corrected chi connectivity index (χ2v) is 4.76. The normalized spacial score (nSPS) is 13.6. The molecule has 0 aliphatic rings. The number of nitrogens with two attached hydrogens (primary N) is 1. The van der Waals surface area contributed by atoms with Gasteiger partial charge in [0, 0.05) is 11.4 Å². The fraction of sp³-hybridized carbons (Fsp3) is 0.385. The number of halogens is 1. The van der Waals surface area contributed by atoms with Gasteiger partial charge in [0.1, 0.15) is 0 Å². The van der Waals surface area contributed by atoms with Crippen LogP contribution in [-0.2, 0) is 9.59 Å². The Morgan fingerprint density at radius 1 is 1.37 bits per heavy atom. The van der Waals surface area contributed by atoms with E-state index in [0.717, 1.165) is 5.56 Å². The van der Waals surface area contributed by atoms with Crippen molar-refractivity contribution in [2.24, 2.45) is 5.73 Å². The summed E-state index contributed by atoms with van der Waals surface area (Å²) in [6.07, 6.45) is -0.00157. The smallest absolute Gasteiger partial charge is 0.303 e. The van der Waals surface area contributed by atoms with Gasteiger partial charge in [-0.3, -0.25) is 9.59 Å². The van der Waals surface area contributed by atoms with Crippen LogP contribution in [0, 0.1) is 0 Å². The van der Waals surface area contributed by atoms with Crippen LogP contribution < -0.4 is 11.1 Å². The van der Waals surface area contributed by atoms with Crippen LogP contribution in [0.15, 0.2) is 24.3 Å². The first-order valence-electron chi connectivity index (χ1n) is 5.93. The molecule has 0 saturated heterocycles. The first-order chi connectivity index (χ1) is 8.90. The van der Waals surface area contributed by atoms with Crippen LogP contribution in [0.4, 0.5) is 0 Å². The lowest BCUT2D eigenvalue weighted by molar-refractivity contribution is -0.137. The van der Waals surface area contributed by atoms with Crippen molar-refractivity contribution in [3.8, 4) is 0 Å². The molecule has 104 valence electrons. The lowest BCUT2D eigenvalue weighted by Crippen LogP contribution is -2.41. The molecule has 2 unspecified atom stereocenters. The number of rotatable bonds is 6. The molecule has 0 radical (unpaired) electrons. The SMILES string of the molecule is CC(NC(=O)C(N)CCC(=O)O)c1ccc(Cl)cc1. The van der Waals surface area contributed by atoms with Crippen molar-refractivity contribution in [3.63, 3.8) is 0 Å². The number of hydrogen-bond donors (Lipinski definition) is 3. The van der Waals surface area contributed by atoms with Gasteiger partial charge in [0.2, 0.25) is 5.91 Å². The molecular formula is C13H17ClN2O3. The minimum absolute atomic E-state index is 0.120. The molecule has 0 heterocycles. The van der Waals surface area contributed by atoms with Crippen LogP contribution >= 0.6 is 11.6 Å². The quantitative estimate of drug-likeness (QED) is 0.741. The van der Waals surface area contributed by atoms with Crippen molar-refractivity contribution in [2.75, 3.05) is 0 Å². The van der Waals surface area contributed by atoms with Crippen LogP contribution in [0.25, 0.3) is 0 Å². The first kappa shape index (κ1) is 15.5. The Morgan fingerprint density at radius 2 is 1.95 bits per heavy atom. The molecule has 1 aromatic rings. The predicted octanol–water partition coefficient (Wildman–Crippen LogP) is 1.71.